The summed E-state index contributed by atoms with van der Waals surface area (Å²) in [6.07, 6.45) is 1.42. The van der Waals surface area contributed by atoms with Crippen LogP contribution in [0.5, 0.6) is 0 Å². The second-order valence-corrected chi connectivity index (χ2v) is 5.73. The normalized spacial score (nSPS) is 11.7. The second kappa shape index (κ2) is 6.72. The molecule has 102 valence electrons. The SMILES string of the molecule is CCc1ccc(S(=O)(=O)NCCCOC)cc1N. The monoisotopic (exact) mass is 272 g/mol. The molecule has 0 saturated heterocycles. The van der Waals surface area contributed by atoms with Gasteiger partial charge in [-0.25, -0.2) is 13.1 Å². The van der Waals surface area contributed by atoms with Crippen LogP contribution in [0.3, 0.4) is 0 Å². The standard InChI is InChI=1S/C12H20N2O3S/c1-3-10-5-6-11(9-12(10)13)18(15,16)14-7-4-8-17-2/h5-6,9,14H,3-4,7-8,13H2,1-2H3. The number of sulfonamides is 1. The van der Waals surface area contributed by atoms with Crippen molar-refractivity contribution in [2.75, 3.05) is 26.0 Å². The van der Waals surface area contributed by atoms with Crippen molar-refractivity contribution in [1.29, 1.82) is 0 Å². The van der Waals surface area contributed by atoms with Crippen LogP contribution in [0.2, 0.25) is 0 Å². The Kier molecular flexibility index (Phi) is 5.58. The van der Waals surface area contributed by atoms with Crippen LogP contribution in [0, 0.1) is 0 Å². The summed E-state index contributed by atoms with van der Waals surface area (Å²) in [4.78, 5) is 0.203. The van der Waals surface area contributed by atoms with Gasteiger partial charge in [-0.15, -0.1) is 0 Å². The van der Waals surface area contributed by atoms with E-state index in [1.165, 1.54) is 6.07 Å². The zero-order chi connectivity index (χ0) is 13.6. The van der Waals surface area contributed by atoms with Crippen molar-refractivity contribution >= 4 is 15.7 Å². The fraction of sp³-hybridized carbons (Fsp3) is 0.500. The summed E-state index contributed by atoms with van der Waals surface area (Å²) in [5.74, 6) is 0. The Morgan fingerprint density at radius 2 is 2.11 bits per heavy atom. The van der Waals surface area contributed by atoms with Crippen molar-refractivity contribution in [2.24, 2.45) is 0 Å². The van der Waals surface area contributed by atoms with Gasteiger partial charge in [0.2, 0.25) is 10.0 Å². The molecule has 6 heteroatoms. The van der Waals surface area contributed by atoms with Crippen LogP contribution >= 0.6 is 0 Å². The average Bonchev–Trinajstić information content (AvgIpc) is 2.34. The van der Waals surface area contributed by atoms with Crippen LogP contribution in [0.25, 0.3) is 0 Å². The molecule has 5 nitrogen and oxygen atoms in total. The number of ether oxygens (including phenoxy) is 1. The molecule has 0 spiro atoms. The predicted octanol–water partition coefficient (Wildman–Crippen LogP) is 1.15. The Morgan fingerprint density at radius 3 is 2.67 bits per heavy atom. The summed E-state index contributed by atoms with van der Waals surface area (Å²) in [6, 6.07) is 4.82. The van der Waals surface area contributed by atoms with Crippen LogP contribution < -0.4 is 10.5 Å². The predicted molar refractivity (Wildman–Crippen MR) is 71.9 cm³/mol. The maximum absolute atomic E-state index is 11.9. The molecule has 0 amide bonds. The highest BCUT2D eigenvalue weighted by Gasteiger charge is 2.14. The van der Waals surface area contributed by atoms with Crippen molar-refractivity contribution in [1.82, 2.24) is 4.72 Å². The average molecular weight is 272 g/mol. The zero-order valence-electron chi connectivity index (χ0n) is 10.8. The number of hydrogen-bond donors (Lipinski definition) is 2. The molecule has 0 aliphatic carbocycles. The molecule has 0 bridgehead atoms. The highest BCUT2D eigenvalue weighted by Crippen LogP contribution is 2.18. The van der Waals surface area contributed by atoms with Gasteiger partial charge < -0.3 is 10.5 Å². The molecule has 0 radical (unpaired) electrons. The minimum absolute atomic E-state index is 0.203. The molecule has 0 aromatic heterocycles. The van der Waals surface area contributed by atoms with E-state index >= 15 is 0 Å². The van der Waals surface area contributed by atoms with E-state index in [4.69, 9.17) is 10.5 Å². The summed E-state index contributed by atoms with van der Waals surface area (Å²) in [7, 11) is -1.89. The van der Waals surface area contributed by atoms with Crippen LogP contribution in [-0.4, -0.2) is 28.7 Å². The lowest BCUT2D eigenvalue weighted by Crippen LogP contribution is -2.25. The van der Waals surface area contributed by atoms with Gasteiger partial charge in [-0.05, 0) is 30.5 Å². The molecule has 1 rings (SSSR count). The summed E-state index contributed by atoms with van der Waals surface area (Å²) in [5.41, 5.74) is 7.26. The van der Waals surface area contributed by atoms with E-state index in [1.807, 2.05) is 6.92 Å². The number of aryl methyl sites for hydroxylation is 1. The lowest BCUT2D eigenvalue weighted by Gasteiger charge is -2.09. The molecule has 0 saturated carbocycles. The number of anilines is 1. The molecular formula is C12H20N2O3S. The van der Waals surface area contributed by atoms with Gasteiger partial charge in [-0.1, -0.05) is 13.0 Å². The molecule has 0 heterocycles. The Hall–Kier alpha value is -1.11. The first-order chi connectivity index (χ1) is 8.51. The number of methoxy groups -OCH3 is 1. The quantitative estimate of drug-likeness (QED) is 0.576. The van der Waals surface area contributed by atoms with Gasteiger partial charge in [-0.2, -0.15) is 0 Å². The fourth-order valence-corrected chi connectivity index (χ4v) is 2.68. The first-order valence-corrected chi connectivity index (χ1v) is 7.36. The molecule has 18 heavy (non-hydrogen) atoms. The van der Waals surface area contributed by atoms with Gasteiger partial charge in [0.15, 0.2) is 0 Å². The van der Waals surface area contributed by atoms with Crippen molar-refractivity contribution in [2.45, 2.75) is 24.7 Å². The second-order valence-electron chi connectivity index (χ2n) is 3.96. The Bertz CT molecular complexity index is 486. The van der Waals surface area contributed by atoms with Crippen LogP contribution in [-0.2, 0) is 21.2 Å². The fourth-order valence-electron chi connectivity index (χ4n) is 1.57. The van der Waals surface area contributed by atoms with Crippen molar-refractivity contribution in [3.63, 3.8) is 0 Å². The molecule has 1 aromatic carbocycles. The van der Waals surface area contributed by atoms with Gasteiger partial charge in [0, 0.05) is 25.9 Å². The Balaban J connectivity index is 2.76. The summed E-state index contributed by atoms with van der Waals surface area (Å²) >= 11 is 0. The molecule has 3 N–H and O–H groups in total. The maximum atomic E-state index is 11.9. The molecule has 0 aliphatic heterocycles. The van der Waals surface area contributed by atoms with Crippen LogP contribution in [0.4, 0.5) is 5.69 Å². The topological polar surface area (TPSA) is 81.4 Å². The maximum Gasteiger partial charge on any atom is 0.240 e. The zero-order valence-corrected chi connectivity index (χ0v) is 11.6. The van der Waals surface area contributed by atoms with E-state index in [-0.39, 0.29) is 4.90 Å². The third-order valence-corrected chi connectivity index (χ3v) is 4.08. The van der Waals surface area contributed by atoms with E-state index in [0.717, 1.165) is 12.0 Å². The third-order valence-electron chi connectivity index (χ3n) is 2.63. The minimum atomic E-state index is -3.47. The van der Waals surface area contributed by atoms with E-state index in [2.05, 4.69) is 4.72 Å². The Labute approximate surface area is 108 Å². The largest absolute Gasteiger partial charge is 0.398 e. The van der Waals surface area contributed by atoms with Gasteiger partial charge in [-0.3, -0.25) is 0 Å². The summed E-state index contributed by atoms with van der Waals surface area (Å²) < 4.78 is 31.2. The molecule has 0 fully saturated rings. The highest BCUT2D eigenvalue weighted by molar-refractivity contribution is 7.89. The number of hydrogen-bond acceptors (Lipinski definition) is 4. The highest BCUT2D eigenvalue weighted by atomic mass is 32.2. The Morgan fingerprint density at radius 1 is 1.39 bits per heavy atom. The molecule has 0 aliphatic rings. The van der Waals surface area contributed by atoms with E-state index in [1.54, 1.807) is 19.2 Å². The number of benzene rings is 1. The first-order valence-electron chi connectivity index (χ1n) is 5.88. The number of rotatable bonds is 7. The van der Waals surface area contributed by atoms with Crippen LogP contribution in [0.15, 0.2) is 23.1 Å². The molecular weight excluding hydrogens is 252 g/mol. The smallest absolute Gasteiger partial charge is 0.240 e. The number of nitrogen functional groups attached to an aromatic ring is 1. The van der Waals surface area contributed by atoms with E-state index < -0.39 is 10.0 Å². The van der Waals surface area contributed by atoms with Crippen molar-refractivity contribution < 1.29 is 13.2 Å². The summed E-state index contributed by atoms with van der Waals surface area (Å²) in [5, 5.41) is 0. The lowest BCUT2D eigenvalue weighted by atomic mass is 10.1. The van der Waals surface area contributed by atoms with Gasteiger partial charge in [0.05, 0.1) is 4.90 Å². The number of nitrogens with one attached hydrogen (secondary N) is 1. The molecule has 0 atom stereocenters. The number of nitrogens with two attached hydrogens (primary N) is 1. The first kappa shape index (κ1) is 14.9. The van der Waals surface area contributed by atoms with Crippen LogP contribution in [0.1, 0.15) is 18.9 Å². The lowest BCUT2D eigenvalue weighted by molar-refractivity contribution is 0.196. The van der Waals surface area contributed by atoms with E-state index in [9.17, 15) is 8.42 Å². The van der Waals surface area contributed by atoms with Gasteiger partial charge in [0.25, 0.3) is 0 Å². The minimum Gasteiger partial charge on any atom is -0.398 e. The van der Waals surface area contributed by atoms with Crippen molar-refractivity contribution in [3.05, 3.63) is 23.8 Å². The third kappa shape index (κ3) is 3.97. The molecule has 1 aromatic rings. The van der Waals surface area contributed by atoms with E-state index in [0.29, 0.717) is 25.3 Å². The van der Waals surface area contributed by atoms with Gasteiger partial charge >= 0.3 is 0 Å². The molecule has 0 unspecified atom stereocenters. The van der Waals surface area contributed by atoms with Gasteiger partial charge in [0.1, 0.15) is 0 Å². The summed E-state index contributed by atoms with van der Waals surface area (Å²) in [6.45, 7) is 2.86. The van der Waals surface area contributed by atoms with Crippen molar-refractivity contribution in [3.8, 4) is 0 Å².